The molecule has 1 heterocycles. The summed E-state index contributed by atoms with van der Waals surface area (Å²) in [5.74, 6) is 0. The van der Waals surface area contributed by atoms with E-state index in [0.717, 1.165) is 28.2 Å². The van der Waals surface area contributed by atoms with Gasteiger partial charge in [-0.15, -0.1) is 0 Å². The van der Waals surface area contributed by atoms with Gasteiger partial charge in [-0.1, -0.05) is 125 Å². The third-order valence-electron chi connectivity index (χ3n) is 12.0. The van der Waals surface area contributed by atoms with Crippen LogP contribution < -0.4 is 4.90 Å². The van der Waals surface area contributed by atoms with Crippen LogP contribution in [-0.4, -0.2) is 0 Å². The normalized spacial score (nSPS) is 15.1. The second-order valence-corrected chi connectivity index (χ2v) is 15.3. The van der Waals surface area contributed by atoms with Crippen molar-refractivity contribution < 1.29 is 4.42 Å². The first-order chi connectivity index (χ1) is 24.3. The van der Waals surface area contributed by atoms with Gasteiger partial charge in [0.2, 0.25) is 0 Å². The highest BCUT2D eigenvalue weighted by molar-refractivity contribution is 6.33. The zero-order chi connectivity index (χ0) is 33.5. The van der Waals surface area contributed by atoms with Crippen molar-refractivity contribution in [3.8, 4) is 22.3 Å². The van der Waals surface area contributed by atoms with Gasteiger partial charge in [0.05, 0.1) is 5.69 Å². The van der Waals surface area contributed by atoms with Gasteiger partial charge in [0, 0.05) is 39.0 Å². The topological polar surface area (TPSA) is 16.4 Å². The quantitative estimate of drug-likeness (QED) is 0.179. The van der Waals surface area contributed by atoms with E-state index in [1.807, 2.05) is 0 Å². The predicted octanol–water partition coefficient (Wildman–Crippen LogP) is 13.4. The molecule has 9 aromatic rings. The molecule has 0 N–H and O–H groups in total. The molecule has 0 atom stereocenters. The molecule has 2 heteroatoms. The fourth-order valence-electron chi connectivity index (χ4n) is 9.56. The van der Waals surface area contributed by atoms with Crippen LogP contribution in [-0.2, 0) is 10.8 Å². The number of furan rings is 1. The maximum absolute atomic E-state index is 6.72. The summed E-state index contributed by atoms with van der Waals surface area (Å²) in [6.07, 6.45) is 0. The maximum Gasteiger partial charge on any atom is 0.138 e. The van der Waals surface area contributed by atoms with Crippen LogP contribution in [0.3, 0.4) is 0 Å². The van der Waals surface area contributed by atoms with Gasteiger partial charge in [-0.3, -0.25) is 0 Å². The molecule has 238 valence electrons. The van der Waals surface area contributed by atoms with E-state index < -0.39 is 0 Å². The summed E-state index contributed by atoms with van der Waals surface area (Å²) in [7, 11) is 0. The van der Waals surface area contributed by atoms with Crippen LogP contribution in [0.5, 0.6) is 0 Å². The monoisotopic (exact) mass is 641 g/mol. The summed E-state index contributed by atoms with van der Waals surface area (Å²) in [4.78, 5) is 2.46. The van der Waals surface area contributed by atoms with Gasteiger partial charge in [0.25, 0.3) is 0 Å². The number of hydrogen-bond acceptors (Lipinski definition) is 2. The van der Waals surface area contributed by atoms with E-state index in [0.29, 0.717) is 0 Å². The minimum absolute atomic E-state index is 0.112. The third kappa shape index (κ3) is 3.48. The van der Waals surface area contributed by atoms with E-state index >= 15 is 0 Å². The van der Waals surface area contributed by atoms with Gasteiger partial charge in [0.1, 0.15) is 11.2 Å². The second kappa shape index (κ2) is 9.43. The molecule has 0 amide bonds. The summed E-state index contributed by atoms with van der Waals surface area (Å²) in [5, 5.41) is 7.38. The van der Waals surface area contributed by atoms with Crippen LogP contribution in [0.25, 0.3) is 65.7 Å². The van der Waals surface area contributed by atoms with Crippen molar-refractivity contribution >= 4 is 60.5 Å². The Labute approximate surface area is 291 Å². The van der Waals surface area contributed by atoms with Gasteiger partial charge in [-0.05, 0) is 102 Å². The molecule has 2 aliphatic carbocycles. The molecule has 50 heavy (non-hydrogen) atoms. The molecule has 0 radical (unpaired) electrons. The van der Waals surface area contributed by atoms with Crippen LogP contribution >= 0.6 is 0 Å². The maximum atomic E-state index is 6.72. The van der Waals surface area contributed by atoms with E-state index in [-0.39, 0.29) is 10.8 Å². The fourth-order valence-corrected chi connectivity index (χ4v) is 9.56. The highest BCUT2D eigenvalue weighted by Crippen LogP contribution is 2.54. The Kier molecular flexibility index (Phi) is 5.28. The molecule has 11 rings (SSSR count). The average molecular weight is 642 g/mol. The first-order valence-corrected chi connectivity index (χ1v) is 17.7. The molecule has 0 saturated carbocycles. The average Bonchev–Trinajstić information content (AvgIpc) is 3.71. The Bertz CT molecular complexity index is 2780. The van der Waals surface area contributed by atoms with Crippen molar-refractivity contribution in [2.45, 2.75) is 38.5 Å². The van der Waals surface area contributed by atoms with Gasteiger partial charge in [-0.2, -0.15) is 0 Å². The molecule has 0 bridgehead atoms. The largest absolute Gasteiger partial charge is 0.456 e. The van der Waals surface area contributed by atoms with Gasteiger partial charge in [0.15, 0.2) is 0 Å². The van der Waals surface area contributed by atoms with Gasteiger partial charge < -0.3 is 9.32 Å². The Morgan fingerprint density at radius 1 is 0.380 bits per heavy atom. The summed E-state index contributed by atoms with van der Waals surface area (Å²) >= 11 is 0. The summed E-state index contributed by atoms with van der Waals surface area (Å²) < 4.78 is 6.72. The number of hydrogen-bond donors (Lipinski definition) is 0. The SMILES string of the molecule is CC1(C)c2ccccc2-c2ccc(N(c3ccc4c(c3)C(C)(C)c3ccccc3-4)c3cc4oc5cccc6c7ccccc7c(c3)c4c56)cc21. The molecular weight excluding hydrogens is 607 g/mol. The van der Waals surface area contributed by atoms with Crippen molar-refractivity contribution in [1.82, 2.24) is 0 Å². The van der Waals surface area contributed by atoms with Crippen molar-refractivity contribution in [2.75, 3.05) is 4.90 Å². The lowest BCUT2D eigenvalue weighted by Crippen LogP contribution is -2.18. The minimum atomic E-state index is -0.112. The van der Waals surface area contributed by atoms with Crippen molar-refractivity contribution in [3.05, 3.63) is 162 Å². The van der Waals surface area contributed by atoms with Crippen molar-refractivity contribution in [3.63, 3.8) is 0 Å². The summed E-state index contributed by atoms with van der Waals surface area (Å²) in [6, 6.07) is 51.8. The zero-order valence-corrected chi connectivity index (χ0v) is 28.6. The van der Waals surface area contributed by atoms with E-state index in [4.69, 9.17) is 4.42 Å². The summed E-state index contributed by atoms with van der Waals surface area (Å²) in [5.41, 5.74) is 15.8. The Morgan fingerprint density at radius 2 is 0.880 bits per heavy atom. The Balaban J connectivity index is 1.20. The number of anilines is 3. The molecule has 0 spiro atoms. The lowest BCUT2D eigenvalue weighted by molar-refractivity contribution is 0.660. The molecule has 2 nitrogen and oxygen atoms in total. The first-order valence-electron chi connectivity index (χ1n) is 17.7. The molecule has 0 fully saturated rings. The first kappa shape index (κ1) is 28.0. The van der Waals surface area contributed by atoms with E-state index in [1.165, 1.54) is 76.8 Å². The standard InChI is InChI=1S/C48H35NO/c1-47(2)39-17-9-7-14-33(39)35-22-20-28(25-41(35)47)49(29-21-23-36-34-15-8-10-18-40(34)48(3,4)42(36)26-29)30-24-38-32-13-6-5-12-31(32)37-16-11-19-43-45(37)46(38)44(27-30)50-43/h5-27H,1-4H3. The number of fused-ring (bicyclic) bond motifs is 9. The lowest BCUT2D eigenvalue weighted by Gasteiger charge is -2.30. The van der Waals surface area contributed by atoms with Crippen LogP contribution in [0.1, 0.15) is 49.9 Å². The second-order valence-electron chi connectivity index (χ2n) is 15.3. The lowest BCUT2D eigenvalue weighted by atomic mass is 9.82. The molecule has 0 saturated heterocycles. The van der Waals surface area contributed by atoms with E-state index in [9.17, 15) is 0 Å². The minimum Gasteiger partial charge on any atom is -0.456 e. The molecule has 2 aliphatic rings. The van der Waals surface area contributed by atoms with E-state index in [2.05, 4.69) is 172 Å². The van der Waals surface area contributed by atoms with Gasteiger partial charge in [-0.25, -0.2) is 0 Å². The third-order valence-corrected chi connectivity index (χ3v) is 12.0. The summed E-state index contributed by atoms with van der Waals surface area (Å²) in [6.45, 7) is 9.44. The van der Waals surface area contributed by atoms with Gasteiger partial charge >= 0.3 is 0 Å². The van der Waals surface area contributed by atoms with Crippen LogP contribution in [0.2, 0.25) is 0 Å². The van der Waals surface area contributed by atoms with Crippen LogP contribution in [0.4, 0.5) is 17.1 Å². The number of benzene rings is 8. The van der Waals surface area contributed by atoms with Crippen molar-refractivity contribution in [2.24, 2.45) is 0 Å². The van der Waals surface area contributed by atoms with Crippen LogP contribution in [0, 0.1) is 0 Å². The molecule has 0 unspecified atom stereocenters. The highest BCUT2D eigenvalue weighted by atomic mass is 16.3. The Hall–Kier alpha value is -5.86. The Morgan fingerprint density at radius 3 is 1.50 bits per heavy atom. The molecule has 1 aromatic heterocycles. The molecule has 8 aromatic carbocycles. The zero-order valence-electron chi connectivity index (χ0n) is 28.6. The van der Waals surface area contributed by atoms with E-state index in [1.54, 1.807) is 0 Å². The molecule has 0 aliphatic heterocycles. The smallest absolute Gasteiger partial charge is 0.138 e. The number of nitrogens with zero attached hydrogens (tertiary/aromatic N) is 1. The fraction of sp³-hybridized carbons (Fsp3) is 0.125. The highest BCUT2D eigenvalue weighted by Gasteiger charge is 2.38. The van der Waals surface area contributed by atoms with Crippen LogP contribution in [0.15, 0.2) is 144 Å². The molecular formula is C48H35NO. The predicted molar refractivity (Wildman–Crippen MR) is 210 cm³/mol. The number of rotatable bonds is 3. The van der Waals surface area contributed by atoms with Crippen molar-refractivity contribution in [1.29, 1.82) is 0 Å².